The summed E-state index contributed by atoms with van der Waals surface area (Å²) in [5.74, 6) is 6.87. The Labute approximate surface area is 112 Å². The molecule has 7 nitrogen and oxygen atoms in total. The second kappa shape index (κ2) is 4.39. The Morgan fingerprint density at radius 2 is 2.21 bits per heavy atom. The van der Waals surface area contributed by atoms with Gasteiger partial charge in [-0.15, -0.1) is 0 Å². The lowest BCUT2D eigenvalue weighted by Gasteiger charge is -2.04. The summed E-state index contributed by atoms with van der Waals surface area (Å²) < 4.78 is 11.4. The van der Waals surface area contributed by atoms with Crippen molar-refractivity contribution in [2.24, 2.45) is 0 Å². The Morgan fingerprint density at radius 1 is 1.42 bits per heavy atom. The molecule has 0 fully saturated rings. The molecule has 19 heavy (non-hydrogen) atoms. The molecule has 2 aromatic rings. The molecule has 0 atom stereocenters. The molecule has 0 saturated heterocycles. The topological polar surface area (TPSA) is 95.2 Å². The van der Waals surface area contributed by atoms with Crippen LogP contribution in [0.5, 0.6) is 11.5 Å². The average Bonchev–Trinajstić information content (AvgIpc) is 2.87. The summed E-state index contributed by atoms with van der Waals surface area (Å²) in [6.45, 7) is 0.213. The van der Waals surface area contributed by atoms with Crippen LogP contribution in [0, 0.1) is 4.77 Å². The molecule has 0 unspecified atom stereocenters. The lowest BCUT2D eigenvalue weighted by molar-refractivity contribution is 0.174. The fourth-order valence-corrected chi connectivity index (χ4v) is 1.94. The predicted octanol–water partition coefficient (Wildman–Crippen LogP) is 0.334. The molecule has 0 saturated carbocycles. The maximum atomic E-state index is 11.9. The number of fused-ring (bicyclic) bond motifs is 1. The monoisotopic (exact) mass is 278 g/mol. The van der Waals surface area contributed by atoms with Gasteiger partial charge in [-0.3, -0.25) is 9.89 Å². The van der Waals surface area contributed by atoms with Gasteiger partial charge in [-0.1, -0.05) is 6.07 Å². The van der Waals surface area contributed by atoms with Gasteiger partial charge in [0.25, 0.3) is 5.56 Å². The normalized spacial score (nSPS) is 12.6. The number of nitrogen functional groups attached to an aromatic ring is 1. The summed E-state index contributed by atoms with van der Waals surface area (Å²) in [6, 6.07) is 5.45. The SMILES string of the molecule is Nn1c(=S)[nH]nc(Cc2ccc3c(c2)OCO3)c1=O. The van der Waals surface area contributed by atoms with Crippen LogP contribution in [0.2, 0.25) is 0 Å². The number of H-pyrrole nitrogens is 1. The van der Waals surface area contributed by atoms with Crippen LogP contribution in [-0.4, -0.2) is 21.7 Å². The van der Waals surface area contributed by atoms with E-state index in [1.54, 1.807) is 6.07 Å². The molecular formula is C11H10N4O3S. The van der Waals surface area contributed by atoms with Gasteiger partial charge in [0.05, 0.1) is 0 Å². The number of nitrogens with two attached hydrogens (primary N) is 1. The molecule has 3 rings (SSSR count). The van der Waals surface area contributed by atoms with E-state index in [0.717, 1.165) is 10.2 Å². The Balaban J connectivity index is 1.96. The van der Waals surface area contributed by atoms with Crippen molar-refractivity contribution in [3.8, 4) is 11.5 Å². The van der Waals surface area contributed by atoms with Crippen LogP contribution in [0.25, 0.3) is 0 Å². The summed E-state index contributed by atoms with van der Waals surface area (Å²) in [5.41, 5.74) is 0.746. The highest BCUT2D eigenvalue weighted by atomic mass is 32.1. The van der Waals surface area contributed by atoms with E-state index in [4.69, 9.17) is 27.5 Å². The molecule has 0 amide bonds. The van der Waals surface area contributed by atoms with Gasteiger partial charge in [-0.2, -0.15) is 9.77 Å². The molecule has 0 bridgehead atoms. The first kappa shape index (κ1) is 11.7. The molecule has 1 aromatic carbocycles. The van der Waals surface area contributed by atoms with Crippen molar-refractivity contribution in [2.75, 3.05) is 12.6 Å². The fourth-order valence-electron chi connectivity index (χ4n) is 1.81. The van der Waals surface area contributed by atoms with Crippen molar-refractivity contribution in [1.82, 2.24) is 14.9 Å². The zero-order valence-corrected chi connectivity index (χ0v) is 10.6. The van der Waals surface area contributed by atoms with Crippen molar-refractivity contribution in [3.63, 3.8) is 0 Å². The van der Waals surface area contributed by atoms with E-state index in [2.05, 4.69) is 10.2 Å². The summed E-state index contributed by atoms with van der Waals surface area (Å²) in [5, 5.41) is 6.44. The van der Waals surface area contributed by atoms with E-state index >= 15 is 0 Å². The molecule has 8 heteroatoms. The quantitative estimate of drug-likeness (QED) is 0.607. The molecule has 98 valence electrons. The molecule has 0 aliphatic carbocycles. The Hall–Kier alpha value is -2.35. The van der Waals surface area contributed by atoms with Gasteiger partial charge >= 0.3 is 0 Å². The van der Waals surface area contributed by atoms with Crippen molar-refractivity contribution < 1.29 is 9.47 Å². The third-order valence-electron chi connectivity index (χ3n) is 2.78. The van der Waals surface area contributed by atoms with Crippen LogP contribution >= 0.6 is 12.2 Å². The first-order valence-corrected chi connectivity index (χ1v) is 5.90. The standard InChI is InChI=1S/C11H10N4O3S/c12-15-10(16)7(13-14-11(15)19)3-6-1-2-8-9(4-6)18-5-17-8/h1-2,4H,3,5,12H2,(H,14,19). The lowest BCUT2D eigenvalue weighted by atomic mass is 10.1. The number of ether oxygens (including phenoxy) is 2. The van der Waals surface area contributed by atoms with Crippen molar-refractivity contribution in [1.29, 1.82) is 0 Å². The van der Waals surface area contributed by atoms with Gasteiger partial charge in [-0.05, 0) is 29.9 Å². The van der Waals surface area contributed by atoms with Crippen LogP contribution < -0.4 is 20.9 Å². The molecule has 1 aliphatic heterocycles. The minimum atomic E-state index is -0.415. The van der Waals surface area contributed by atoms with Gasteiger partial charge in [0.2, 0.25) is 11.6 Å². The number of hydrogen-bond donors (Lipinski definition) is 2. The van der Waals surface area contributed by atoms with Crippen molar-refractivity contribution >= 4 is 12.2 Å². The second-order valence-corrected chi connectivity index (χ2v) is 4.40. The number of aromatic amines is 1. The van der Waals surface area contributed by atoms with Gasteiger partial charge in [-0.25, -0.2) is 0 Å². The van der Waals surface area contributed by atoms with Gasteiger partial charge in [0, 0.05) is 6.42 Å². The van der Waals surface area contributed by atoms with E-state index in [-0.39, 0.29) is 17.3 Å². The van der Waals surface area contributed by atoms with Gasteiger partial charge < -0.3 is 15.3 Å². The summed E-state index contributed by atoms with van der Waals surface area (Å²) in [7, 11) is 0. The van der Waals surface area contributed by atoms with Crippen molar-refractivity contribution in [3.05, 3.63) is 44.6 Å². The number of hydrogen-bond acceptors (Lipinski definition) is 6. The van der Waals surface area contributed by atoms with E-state index in [1.807, 2.05) is 12.1 Å². The Bertz CT molecular complexity index is 752. The summed E-state index contributed by atoms with van der Waals surface area (Å²) in [4.78, 5) is 11.9. The van der Waals surface area contributed by atoms with E-state index < -0.39 is 5.56 Å². The van der Waals surface area contributed by atoms with Crippen molar-refractivity contribution in [2.45, 2.75) is 6.42 Å². The lowest BCUT2D eigenvalue weighted by Crippen LogP contribution is -2.32. The Morgan fingerprint density at radius 3 is 3.05 bits per heavy atom. The van der Waals surface area contributed by atoms with Gasteiger partial charge in [0.15, 0.2) is 11.5 Å². The molecular weight excluding hydrogens is 268 g/mol. The second-order valence-electron chi connectivity index (χ2n) is 4.01. The van der Waals surface area contributed by atoms with Crippen LogP contribution in [0.1, 0.15) is 11.3 Å². The smallest absolute Gasteiger partial charge is 0.295 e. The summed E-state index contributed by atoms with van der Waals surface area (Å²) >= 11 is 4.81. The highest BCUT2D eigenvalue weighted by molar-refractivity contribution is 7.71. The highest BCUT2D eigenvalue weighted by Gasteiger charge is 2.14. The molecule has 1 aromatic heterocycles. The average molecular weight is 278 g/mol. The first-order valence-electron chi connectivity index (χ1n) is 5.49. The number of aromatic nitrogens is 3. The largest absolute Gasteiger partial charge is 0.454 e. The molecule has 0 spiro atoms. The zero-order valence-electron chi connectivity index (χ0n) is 9.75. The number of rotatable bonds is 2. The molecule has 1 aliphatic rings. The van der Waals surface area contributed by atoms with E-state index in [1.165, 1.54) is 0 Å². The van der Waals surface area contributed by atoms with Crippen LogP contribution in [0.4, 0.5) is 0 Å². The number of nitrogens with one attached hydrogen (secondary N) is 1. The van der Waals surface area contributed by atoms with E-state index in [0.29, 0.717) is 17.9 Å². The minimum absolute atomic E-state index is 0.0828. The van der Waals surface area contributed by atoms with Crippen LogP contribution in [-0.2, 0) is 6.42 Å². The zero-order chi connectivity index (χ0) is 13.4. The van der Waals surface area contributed by atoms with Crippen LogP contribution in [0.15, 0.2) is 23.0 Å². The minimum Gasteiger partial charge on any atom is -0.454 e. The molecule has 2 heterocycles. The van der Waals surface area contributed by atoms with Crippen LogP contribution in [0.3, 0.4) is 0 Å². The first-order chi connectivity index (χ1) is 9.15. The predicted molar refractivity (Wildman–Crippen MR) is 69.2 cm³/mol. The molecule has 3 N–H and O–H groups in total. The van der Waals surface area contributed by atoms with E-state index in [9.17, 15) is 4.79 Å². The maximum absolute atomic E-state index is 11.9. The summed E-state index contributed by atoms with van der Waals surface area (Å²) in [6.07, 6.45) is 0.332. The number of nitrogens with zero attached hydrogens (tertiary/aromatic N) is 2. The third kappa shape index (κ3) is 2.06. The Kier molecular flexibility index (Phi) is 2.71. The third-order valence-corrected chi connectivity index (χ3v) is 3.07. The van der Waals surface area contributed by atoms with Gasteiger partial charge in [0.1, 0.15) is 5.69 Å². The number of benzene rings is 1. The fraction of sp³-hybridized carbons (Fsp3) is 0.182. The highest BCUT2D eigenvalue weighted by Crippen LogP contribution is 2.32. The maximum Gasteiger partial charge on any atom is 0.295 e. The molecule has 0 radical (unpaired) electrons.